The van der Waals surface area contributed by atoms with Crippen molar-refractivity contribution in [2.75, 3.05) is 26.3 Å². The Hall–Kier alpha value is -1.07. The van der Waals surface area contributed by atoms with Crippen molar-refractivity contribution >= 4 is 5.84 Å². The number of amidine groups is 1. The Balaban J connectivity index is 2.00. The zero-order chi connectivity index (χ0) is 12.6. The molecule has 0 unspecified atom stereocenters. The van der Waals surface area contributed by atoms with Crippen LogP contribution >= 0.6 is 0 Å². The lowest BCUT2D eigenvalue weighted by atomic mass is 10.0. The van der Waals surface area contributed by atoms with Crippen LogP contribution in [0.15, 0.2) is 17.8 Å². The van der Waals surface area contributed by atoms with Gasteiger partial charge in [-0.2, -0.15) is 0 Å². The van der Waals surface area contributed by atoms with E-state index in [-0.39, 0.29) is 5.41 Å². The zero-order valence-corrected chi connectivity index (χ0v) is 10.3. The van der Waals surface area contributed by atoms with Crippen molar-refractivity contribution < 1.29 is 9.94 Å². The molecule has 0 amide bonds. The van der Waals surface area contributed by atoms with Crippen LogP contribution in [0.4, 0.5) is 0 Å². The molecule has 1 aliphatic rings. The lowest BCUT2D eigenvalue weighted by molar-refractivity contribution is 0.139. The molecule has 0 aromatic heterocycles. The van der Waals surface area contributed by atoms with Crippen LogP contribution in [0, 0.1) is 5.41 Å². The second-order valence-electron chi connectivity index (χ2n) is 4.63. The Morgan fingerprint density at radius 3 is 2.88 bits per heavy atom. The third-order valence-corrected chi connectivity index (χ3v) is 3.03. The Bertz CT molecular complexity index is 262. The average molecular weight is 241 g/mol. The molecule has 98 valence electrons. The summed E-state index contributed by atoms with van der Waals surface area (Å²) in [6.45, 7) is 6.84. The Kier molecular flexibility index (Phi) is 6.00. The van der Waals surface area contributed by atoms with Crippen molar-refractivity contribution in [2.24, 2.45) is 16.3 Å². The van der Waals surface area contributed by atoms with Crippen LogP contribution in [0.25, 0.3) is 0 Å². The maximum Gasteiger partial charge on any atom is 0.139 e. The van der Waals surface area contributed by atoms with E-state index in [1.165, 1.54) is 0 Å². The summed E-state index contributed by atoms with van der Waals surface area (Å²) in [5, 5.41) is 14.9. The maximum absolute atomic E-state index is 8.53. The van der Waals surface area contributed by atoms with Crippen molar-refractivity contribution in [3.8, 4) is 0 Å². The molecular formula is C12H23N3O2. The van der Waals surface area contributed by atoms with E-state index < -0.39 is 0 Å². The average Bonchev–Trinajstić information content (AvgIpc) is 3.08. The van der Waals surface area contributed by atoms with Gasteiger partial charge in [-0.05, 0) is 24.7 Å². The highest BCUT2D eigenvalue weighted by molar-refractivity contribution is 5.80. The largest absolute Gasteiger partial charge is 0.409 e. The highest BCUT2D eigenvalue weighted by Crippen LogP contribution is 2.48. The first kappa shape index (κ1) is 14.0. The van der Waals surface area contributed by atoms with Crippen LogP contribution < -0.4 is 11.1 Å². The van der Waals surface area contributed by atoms with Crippen LogP contribution in [0.1, 0.15) is 25.7 Å². The number of hydrogen-bond donors (Lipinski definition) is 3. The Morgan fingerprint density at radius 2 is 2.29 bits per heavy atom. The third-order valence-electron chi connectivity index (χ3n) is 3.03. The van der Waals surface area contributed by atoms with Gasteiger partial charge in [-0.1, -0.05) is 11.2 Å². The van der Waals surface area contributed by atoms with Gasteiger partial charge < -0.3 is 21.0 Å². The number of rotatable bonds is 10. The predicted molar refractivity (Wildman–Crippen MR) is 68.2 cm³/mol. The van der Waals surface area contributed by atoms with E-state index in [4.69, 9.17) is 15.7 Å². The number of nitrogens with one attached hydrogen (secondary N) is 1. The Morgan fingerprint density at radius 1 is 1.53 bits per heavy atom. The number of oxime groups is 1. The van der Waals surface area contributed by atoms with Crippen LogP contribution in [0.5, 0.6) is 0 Å². The molecule has 0 saturated heterocycles. The van der Waals surface area contributed by atoms with Gasteiger partial charge >= 0.3 is 0 Å². The van der Waals surface area contributed by atoms with Crippen molar-refractivity contribution in [1.29, 1.82) is 0 Å². The molecule has 0 heterocycles. The van der Waals surface area contributed by atoms with E-state index in [0.29, 0.717) is 18.9 Å². The molecule has 4 N–H and O–H groups in total. The molecule has 0 aromatic carbocycles. The van der Waals surface area contributed by atoms with E-state index in [9.17, 15) is 0 Å². The fraction of sp³-hybridized carbons (Fsp3) is 0.750. The first-order valence-electron chi connectivity index (χ1n) is 6.08. The van der Waals surface area contributed by atoms with Gasteiger partial charge in [0.05, 0.1) is 13.2 Å². The fourth-order valence-corrected chi connectivity index (χ4v) is 1.78. The van der Waals surface area contributed by atoms with Crippen LogP contribution in [-0.4, -0.2) is 37.3 Å². The fourth-order valence-electron chi connectivity index (χ4n) is 1.78. The predicted octanol–water partition coefficient (Wildman–Crippen LogP) is 1.09. The van der Waals surface area contributed by atoms with E-state index in [1.54, 1.807) is 0 Å². The lowest BCUT2D eigenvalue weighted by Crippen LogP contribution is -2.30. The van der Waals surface area contributed by atoms with Crippen molar-refractivity contribution in [1.82, 2.24) is 5.32 Å². The monoisotopic (exact) mass is 241 g/mol. The highest BCUT2D eigenvalue weighted by atomic mass is 16.5. The molecule has 0 atom stereocenters. The van der Waals surface area contributed by atoms with Gasteiger partial charge in [-0.25, -0.2) is 0 Å². The quantitative estimate of drug-likeness (QED) is 0.133. The van der Waals surface area contributed by atoms with Gasteiger partial charge in [-0.3, -0.25) is 0 Å². The normalized spacial score (nSPS) is 18.0. The van der Waals surface area contributed by atoms with E-state index in [2.05, 4.69) is 17.1 Å². The summed E-state index contributed by atoms with van der Waals surface area (Å²) in [4.78, 5) is 0. The Labute approximate surface area is 103 Å². The summed E-state index contributed by atoms with van der Waals surface area (Å²) >= 11 is 0. The summed E-state index contributed by atoms with van der Waals surface area (Å²) in [6.07, 6.45) is 5.71. The minimum absolute atomic E-state index is 0.220. The van der Waals surface area contributed by atoms with Gasteiger partial charge in [0.15, 0.2) is 0 Å². The molecule has 0 radical (unpaired) electrons. The number of hydrogen-bond acceptors (Lipinski definition) is 4. The molecule has 0 bridgehead atoms. The van der Waals surface area contributed by atoms with Crippen LogP contribution in [-0.2, 0) is 4.74 Å². The standard InChI is InChI=1S/C12H23N3O2/c1-2-3-7-17-8-6-14-10-12(4-5-12)9-11(13)15-16/h2,14,16H,1,3-10H2,(H2,13,15). The summed E-state index contributed by atoms with van der Waals surface area (Å²) < 4.78 is 5.39. The van der Waals surface area contributed by atoms with E-state index >= 15 is 0 Å². The molecular weight excluding hydrogens is 218 g/mol. The molecule has 5 nitrogen and oxygen atoms in total. The van der Waals surface area contributed by atoms with Crippen molar-refractivity contribution in [2.45, 2.75) is 25.7 Å². The SMILES string of the molecule is C=CCCOCCNCC1(C/C(N)=N\O)CC1. The second-order valence-corrected chi connectivity index (χ2v) is 4.63. The maximum atomic E-state index is 8.53. The molecule has 5 heteroatoms. The minimum atomic E-state index is 0.220. The van der Waals surface area contributed by atoms with Crippen LogP contribution in [0.3, 0.4) is 0 Å². The van der Waals surface area contributed by atoms with Gasteiger partial charge in [-0.15, -0.1) is 6.58 Å². The summed E-state index contributed by atoms with van der Waals surface area (Å²) in [5.41, 5.74) is 5.74. The summed E-state index contributed by atoms with van der Waals surface area (Å²) in [7, 11) is 0. The van der Waals surface area contributed by atoms with E-state index in [1.807, 2.05) is 6.08 Å². The molecule has 1 saturated carbocycles. The highest BCUT2D eigenvalue weighted by Gasteiger charge is 2.42. The zero-order valence-electron chi connectivity index (χ0n) is 10.3. The molecule has 0 spiro atoms. The van der Waals surface area contributed by atoms with Gasteiger partial charge in [0.1, 0.15) is 5.84 Å². The molecule has 17 heavy (non-hydrogen) atoms. The van der Waals surface area contributed by atoms with Crippen molar-refractivity contribution in [3.63, 3.8) is 0 Å². The first-order chi connectivity index (χ1) is 8.22. The first-order valence-corrected chi connectivity index (χ1v) is 6.08. The van der Waals surface area contributed by atoms with Crippen molar-refractivity contribution in [3.05, 3.63) is 12.7 Å². The molecule has 1 rings (SSSR count). The lowest BCUT2D eigenvalue weighted by Gasteiger charge is -2.15. The topological polar surface area (TPSA) is 79.9 Å². The second kappa shape index (κ2) is 7.29. The summed E-state index contributed by atoms with van der Waals surface area (Å²) in [5.74, 6) is 0.325. The van der Waals surface area contributed by atoms with Gasteiger partial charge in [0.2, 0.25) is 0 Å². The minimum Gasteiger partial charge on any atom is -0.409 e. The number of nitrogens with two attached hydrogens (primary N) is 1. The number of nitrogens with zero attached hydrogens (tertiary/aromatic N) is 1. The van der Waals surface area contributed by atoms with Gasteiger partial charge in [0.25, 0.3) is 0 Å². The summed E-state index contributed by atoms with van der Waals surface area (Å²) in [6, 6.07) is 0. The third kappa shape index (κ3) is 5.70. The molecule has 1 aliphatic carbocycles. The van der Waals surface area contributed by atoms with E-state index in [0.717, 1.165) is 39.0 Å². The number of ether oxygens (including phenoxy) is 1. The van der Waals surface area contributed by atoms with Crippen LogP contribution in [0.2, 0.25) is 0 Å². The smallest absolute Gasteiger partial charge is 0.139 e. The molecule has 0 aromatic rings. The van der Waals surface area contributed by atoms with Gasteiger partial charge in [0, 0.05) is 19.5 Å². The molecule has 1 fully saturated rings. The molecule has 0 aliphatic heterocycles.